The molecule has 0 fully saturated rings. The lowest BCUT2D eigenvalue weighted by Gasteiger charge is -2.28. The van der Waals surface area contributed by atoms with Gasteiger partial charge in [-0.3, -0.25) is 9.36 Å². The normalized spacial score (nSPS) is 14.3. The molecule has 0 heterocycles. The number of quaternary nitrogens is 1. The Bertz CT molecular complexity index is 884. The molecule has 2 unspecified atom stereocenters. The first-order valence-electron chi connectivity index (χ1n) is 19.7. The fraction of sp³-hybridized carbons (Fsp3) is 0.825. The molecule has 49 heavy (non-hydrogen) atoms. The zero-order chi connectivity index (χ0) is 36.3. The van der Waals surface area contributed by atoms with Gasteiger partial charge in [-0.15, -0.1) is 0 Å². The molecule has 0 radical (unpaired) electrons. The number of hydrogen-bond donors (Lipinski definition) is 0. The van der Waals surface area contributed by atoms with E-state index in [4.69, 9.17) is 18.5 Å². The van der Waals surface area contributed by atoms with Gasteiger partial charge in [-0.2, -0.15) is 0 Å². The second-order valence-corrected chi connectivity index (χ2v) is 15.7. The second kappa shape index (κ2) is 33.8. The topological polar surface area (TPSA) is 94.1 Å². The van der Waals surface area contributed by atoms with Crippen LogP contribution in [0, 0.1) is 0 Å². The molecule has 9 heteroatoms. The molecule has 2 atom stereocenters. The highest BCUT2D eigenvalue weighted by atomic mass is 31.2. The van der Waals surface area contributed by atoms with Crippen LogP contribution in [-0.2, 0) is 27.9 Å². The smallest absolute Gasteiger partial charge is 0.306 e. The van der Waals surface area contributed by atoms with E-state index in [1.54, 1.807) is 0 Å². The number of ether oxygens (including phenoxy) is 2. The van der Waals surface area contributed by atoms with Crippen molar-refractivity contribution in [3.05, 3.63) is 36.5 Å². The van der Waals surface area contributed by atoms with Gasteiger partial charge in [-0.1, -0.05) is 121 Å². The number of esters is 1. The number of allylic oxidation sites excluding steroid dienone is 6. The lowest BCUT2D eigenvalue weighted by atomic mass is 10.1. The highest BCUT2D eigenvalue weighted by Gasteiger charge is 2.20. The Hall–Kier alpha value is -1.28. The molecule has 0 saturated carbocycles. The molecule has 0 N–H and O–H groups in total. The van der Waals surface area contributed by atoms with Gasteiger partial charge in [-0.05, 0) is 64.2 Å². The molecule has 0 aliphatic carbocycles. The lowest BCUT2D eigenvalue weighted by molar-refractivity contribution is -0.870. The number of carbonyl (C=O) groups is 1. The van der Waals surface area contributed by atoms with Gasteiger partial charge in [0.15, 0.2) is 0 Å². The Morgan fingerprint density at radius 2 is 1.16 bits per heavy atom. The monoisotopic (exact) mass is 714 g/mol. The van der Waals surface area contributed by atoms with Crippen molar-refractivity contribution in [3.63, 3.8) is 0 Å². The van der Waals surface area contributed by atoms with E-state index in [2.05, 4.69) is 50.3 Å². The van der Waals surface area contributed by atoms with E-state index in [1.807, 2.05) is 21.1 Å². The summed E-state index contributed by atoms with van der Waals surface area (Å²) in [4.78, 5) is 24.9. The molecule has 288 valence electrons. The van der Waals surface area contributed by atoms with E-state index in [-0.39, 0.29) is 25.8 Å². The number of hydrogen-bond acceptors (Lipinski definition) is 7. The van der Waals surface area contributed by atoms with Crippen molar-refractivity contribution in [2.75, 3.05) is 54.1 Å². The van der Waals surface area contributed by atoms with Crippen LogP contribution in [0.5, 0.6) is 0 Å². The summed E-state index contributed by atoms with van der Waals surface area (Å²) in [5.41, 5.74) is 0. The molecule has 0 aliphatic heterocycles. The number of likely N-dealkylation sites (N-methyl/N-ethyl adjacent to an activating group) is 1. The number of carbonyl (C=O) groups excluding carboxylic acids is 1. The van der Waals surface area contributed by atoms with Gasteiger partial charge in [0.2, 0.25) is 0 Å². The molecule has 0 aromatic rings. The molecule has 0 aromatic carbocycles. The van der Waals surface area contributed by atoms with Crippen LogP contribution in [0.25, 0.3) is 0 Å². The number of phosphoric ester groups is 1. The van der Waals surface area contributed by atoms with E-state index in [1.165, 1.54) is 70.6 Å². The summed E-state index contributed by atoms with van der Waals surface area (Å²) in [7, 11) is 1.34. The third kappa shape index (κ3) is 37.8. The molecule has 0 saturated heterocycles. The SMILES string of the molecule is CCC/C=C\C/C=C\CCCCCCCC(=O)OC(COCCCCCCCC/C=C\CCCCCC)COP(=O)([O-])OCC[N+](C)(C)C. The van der Waals surface area contributed by atoms with Crippen molar-refractivity contribution < 1.29 is 37.3 Å². The quantitative estimate of drug-likeness (QED) is 0.0210. The zero-order valence-electron chi connectivity index (χ0n) is 32.4. The minimum Gasteiger partial charge on any atom is -0.756 e. The average Bonchev–Trinajstić information content (AvgIpc) is 3.04. The highest BCUT2D eigenvalue weighted by Crippen LogP contribution is 2.38. The van der Waals surface area contributed by atoms with Gasteiger partial charge in [-0.25, -0.2) is 0 Å². The average molecular weight is 714 g/mol. The summed E-state index contributed by atoms with van der Waals surface area (Å²) in [6.07, 6.45) is 37.2. The molecule has 0 amide bonds. The lowest BCUT2D eigenvalue weighted by Crippen LogP contribution is -2.37. The Labute approximate surface area is 302 Å². The summed E-state index contributed by atoms with van der Waals surface area (Å²) in [6, 6.07) is 0. The minimum atomic E-state index is -4.52. The number of rotatable bonds is 36. The first-order valence-corrected chi connectivity index (χ1v) is 21.2. The molecule has 0 spiro atoms. The van der Waals surface area contributed by atoms with E-state index < -0.39 is 13.9 Å². The fourth-order valence-corrected chi connectivity index (χ4v) is 5.78. The zero-order valence-corrected chi connectivity index (χ0v) is 33.3. The predicted molar refractivity (Wildman–Crippen MR) is 203 cm³/mol. The molecule has 0 bridgehead atoms. The van der Waals surface area contributed by atoms with Crippen LogP contribution < -0.4 is 4.89 Å². The van der Waals surface area contributed by atoms with Crippen LogP contribution in [0.4, 0.5) is 0 Å². The maximum Gasteiger partial charge on any atom is 0.306 e. The van der Waals surface area contributed by atoms with Gasteiger partial charge >= 0.3 is 5.97 Å². The summed E-state index contributed by atoms with van der Waals surface area (Å²) < 4.78 is 34.4. The Balaban J connectivity index is 4.32. The Morgan fingerprint density at radius 3 is 1.76 bits per heavy atom. The van der Waals surface area contributed by atoms with Crippen LogP contribution >= 0.6 is 7.82 Å². The van der Waals surface area contributed by atoms with Gasteiger partial charge in [0.05, 0.1) is 34.4 Å². The van der Waals surface area contributed by atoms with Crippen molar-refractivity contribution in [2.45, 2.75) is 161 Å². The van der Waals surface area contributed by atoms with Crippen molar-refractivity contribution in [1.29, 1.82) is 0 Å². The van der Waals surface area contributed by atoms with Gasteiger partial charge in [0, 0.05) is 13.0 Å². The number of nitrogens with zero attached hydrogens (tertiary/aromatic N) is 1. The van der Waals surface area contributed by atoms with Crippen LogP contribution in [0.15, 0.2) is 36.5 Å². The Morgan fingerprint density at radius 1 is 0.633 bits per heavy atom. The van der Waals surface area contributed by atoms with Crippen LogP contribution in [0.2, 0.25) is 0 Å². The third-order valence-corrected chi connectivity index (χ3v) is 9.11. The van der Waals surface area contributed by atoms with Crippen LogP contribution in [-0.4, -0.2) is 70.7 Å². The first kappa shape index (κ1) is 47.7. The van der Waals surface area contributed by atoms with E-state index in [0.717, 1.165) is 64.2 Å². The van der Waals surface area contributed by atoms with Crippen molar-refractivity contribution >= 4 is 13.8 Å². The van der Waals surface area contributed by atoms with Crippen LogP contribution in [0.1, 0.15) is 155 Å². The number of unbranched alkanes of at least 4 members (excludes halogenated alkanes) is 16. The standard InChI is InChI=1S/C40H76NO7P/c1-6-8-10-12-14-16-18-20-22-24-26-28-30-32-35-45-37-39(38-47-49(43,44)46-36-34-41(3,4)5)48-40(42)33-31-29-27-25-23-21-19-17-15-13-11-9-7-2/h11,13,16-19,39H,6-10,12,14-15,20-38H2,1-5H3/b13-11-,18-16-,19-17-. The van der Waals surface area contributed by atoms with E-state index in [0.29, 0.717) is 24.1 Å². The first-order chi connectivity index (χ1) is 23.6. The van der Waals surface area contributed by atoms with Crippen molar-refractivity contribution in [2.24, 2.45) is 0 Å². The number of phosphoric acid groups is 1. The van der Waals surface area contributed by atoms with Gasteiger partial charge in [0.25, 0.3) is 7.82 Å². The minimum absolute atomic E-state index is 0.0216. The molecule has 0 rings (SSSR count). The molecule has 0 aromatic heterocycles. The second-order valence-electron chi connectivity index (χ2n) is 14.3. The summed E-state index contributed by atoms with van der Waals surface area (Å²) in [6.45, 7) is 5.29. The maximum atomic E-state index is 12.6. The summed E-state index contributed by atoms with van der Waals surface area (Å²) in [5, 5.41) is 0. The molecule has 8 nitrogen and oxygen atoms in total. The highest BCUT2D eigenvalue weighted by molar-refractivity contribution is 7.45. The van der Waals surface area contributed by atoms with Gasteiger partial charge < -0.3 is 27.9 Å². The van der Waals surface area contributed by atoms with E-state index in [9.17, 15) is 14.3 Å². The summed E-state index contributed by atoms with van der Waals surface area (Å²) in [5.74, 6) is -0.353. The fourth-order valence-electron chi connectivity index (χ4n) is 5.05. The summed E-state index contributed by atoms with van der Waals surface area (Å²) >= 11 is 0. The van der Waals surface area contributed by atoms with E-state index >= 15 is 0 Å². The maximum absolute atomic E-state index is 12.6. The molecular weight excluding hydrogens is 637 g/mol. The molecular formula is C40H76NO7P. The predicted octanol–water partition coefficient (Wildman–Crippen LogP) is 10.4. The van der Waals surface area contributed by atoms with Gasteiger partial charge in [0.1, 0.15) is 19.3 Å². The molecule has 0 aliphatic rings. The van der Waals surface area contributed by atoms with Crippen LogP contribution in [0.3, 0.4) is 0 Å². The largest absolute Gasteiger partial charge is 0.756 e. The van der Waals surface area contributed by atoms with Crippen molar-refractivity contribution in [3.8, 4) is 0 Å². The van der Waals surface area contributed by atoms with Crippen molar-refractivity contribution in [1.82, 2.24) is 0 Å². The third-order valence-electron chi connectivity index (χ3n) is 8.14. The Kier molecular flexibility index (Phi) is 33.0.